The fourth-order valence-corrected chi connectivity index (χ4v) is 6.39. The lowest BCUT2D eigenvalue weighted by Crippen LogP contribution is -2.30. The Bertz CT molecular complexity index is 1560. The van der Waals surface area contributed by atoms with E-state index in [0.29, 0.717) is 0 Å². The molecular weight excluding hydrogens is 428 g/mol. The van der Waals surface area contributed by atoms with Crippen LogP contribution in [0.2, 0.25) is 0 Å². The van der Waals surface area contributed by atoms with Crippen LogP contribution in [0.1, 0.15) is 26.7 Å². The SMILES string of the molecule is CCC1(CC)C=C(Br)C=C2C=c3cc4c5ccccc5c5ccccc5c4cc3=C21. The van der Waals surface area contributed by atoms with Crippen molar-refractivity contribution in [1.82, 2.24) is 0 Å². The zero-order valence-electron chi connectivity index (χ0n) is 17.3. The van der Waals surface area contributed by atoms with Crippen molar-refractivity contribution in [3.63, 3.8) is 0 Å². The molecule has 0 bridgehead atoms. The van der Waals surface area contributed by atoms with Crippen LogP contribution in [0, 0.1) is 5.41 Å². The molecule has 0 saturated carbocycles. The van der Waals surface area contributed by atoms with E-state index in [4.69, 9.17) is 0 Å². The Morgan fingerprint density at radius 1 is 0.700 bits per heavy atom. The molecule has 0 saturated heterocycles. The van der Waals surface area contributed by atoms with Crippen molar-refractivity contribution in [2.75, 3.05) is 0 Å². The van der Waals surface area contributed by atoms with Gasteiger partial charge in [0.25, 0.3) is 0 Å². The van der Waals surface area contributed by atoms with Crippen LogP contribution in [0.5, 0.6) is 0 Å². The Hall–Kier alpha value is -2.64. The van der Waals surface area contributed by atoms with E-state index in [0.717, 1.165) is 12.8 Å². The van der Waals surface area contributed by atoms with E-state index in [9.17, 15) is 0 Å². The first kappa shape index (κ1) is 18.2. The molecule has 0 radical (unpaired) electrons. The smallest absolute Gasteiger partial charge is 0.0153 e. The van der Waals surface area contributed by atoms with E-state index < -0.39 is 0 Å². The number of fused-ring (bicyclic) bond motifs is 8. The summed E-state index contributed by atoms with van der Waals surface area (Å²) >= 11 is 3.79. The average molecular weight is 451 g/mol. The van der Waals surface area contributed by atoms with Gasteiger partial charge in [0.05, 0.1) is 0 Å². The van der Waals surface area contributed by atoms with Crippen molar-refractivity contribution in [3.05, 3.63) is 93.3 Å². The molecular formula is C29H23Br. The van der Waals surface area contributed by atoms with Crippen molar-refractivity contribution in [3.8, 4) is 0 Å². The number of hydrogen-bond acceptors (Lipinski definition) is 0. The van der Waals surface area contributed by atoms with E-state index in [2.05, 4.69) is 109 Å². The van der Waals surface area contributed by atoms with E-state index in [1.807, 2.05) is 0 Å². The fraction of sp³-hybridized carbons (Fsp3) is 0.172. The summed E-state index contributed by atoms with van der Waals surface area (Å²) in [7, 11) is 0. The minimum absolute atomic E-state index is 0.0883. The lowest BCUT2D eigenvalue weighted by molar-refractivity contribution is 0.471. The Balaban J connectivity index is 1.86. The Morgan fingerprint density at radius 3 is 1.80 bits per heavy atom. The summed E-state index contributed by atoms with van der Waals surface area (Å²) in [6.45, 7) is 4.64. The molecule has 0 spiro atoms. The second kappa shape index (κ2) is 6.43. The second-order valence-electron chi connectivity index (χ2n) is 8.59. The van der Waals surface area contributed by atoms with Gasteiger partial charge in [-0.15, -0.1) is 0 Å². The van der Waals surface area contributed by atoms with Crippen molar-refractivity contribution in [2.24, 2.45) is 5.41 Å². The lowest BCUT2D eigenvalue weighted by atomic mass is 9.70. The van der Waals surface area contributed by atoms with Gasteiger partial charge in [0.15, 0.2) is 0 Å². The molecule has 0 unspecified atom stereocenters. The first-order valence-corrected chi connectivity index (χ1v) is 11.6. The molecule has 2 aliphatic rings. The molecule has 1 heteroatoms. The molecule has 2 aliphatic carbocycles. The molecule has 0 fully saturated rings. The zero-order chi connectivity index (χ0) is 20.5. The highest BCUT2D eigenvalue weighted by Gasteiger charge is 2.35. The molecule has 0 aliphatic heterocycles. The van der Waals surface area contributed by atoms with Gasteiger partial charge < -0.3 is 0 Å². The van der Waals surface area contributed by atoms with E-state index in [1.165, 1.54) is 58.4 Å². The molecule has 0 heterocycles. The van der Waals surface area contributed by atoms with Gasteiger partial charge in [0, 0.05) is 9.90 Å². The first-order valence-electron chi connectivity index (χ1n) is 10.9. The summed E-state index contributed by atoms with van der Waals surface area (Å²) in [4.78, 5) is 0. The topological polar surface area (TPSA) is 0 Å². The van der Waals surface area contributed by atoms with Gasteiger partial charge in [0.2, 0.25) is 0 Å². The van der Waals surface area contributed by atoms with Crippen LogP contribution in [-0.2, 0) is 0 Å². The second-order valence-corrected chi connectivity index (χ2v) is 9.50. The van der Waals surface area contributed by atoms with Gasteiger partial charge >= 0.3 is 0 Å². The van der Waals surface area contributed by atoms with Gasteiger partial charge in [-0.05, 0) is 91.0 Å². The van der Waals surface area contributed by atoms with Crippen LogP contribution in [-0.4, -0.2) is 0 Å². The number of allylic oxidation sites excluding steroid dienone is 4. The van der Waals surface area contributed by atoms with Gasteiger partial charge in [-0.1, -0.05) is 84.4 Å². The average Bonchev–Trinajstić information content (AvgIpc) is 3.15. The summed E-state index contributed by atoms with van der Waals surface area (Å²) in [6, 6.07) is 22.6. The molecule has 0 nitrogen and oxygen atoms in total. The minimum Gasteiger partial charge on any atom is -0.0642 e. The number of halogens is 1. The van der Waals surface area contributed by atoms with Gasteiger partial charge in [-0.2, -0.15) is 0 Å². The molecule has 6 rings (SSSR count). The molecule has 146 valence electrons. The Labute approximate surface area is 185 Å². The van der Waals surface area contributed by atoms with Crippen LogP contribution in [0.25, 0.3) is 44.0 Å². The van der Waals surface area contributed by atoms with Gasteiger partial charge in [-0.3, -0.25) is 0 Å². The van der Waals surface area contributed by atoms with Crippen LogP contribution in [0.4, 0.5) is 0 Å². The minimum atomic E-state index is 0.0883. The van der Waals surface area contributed by atoms with Gasteiger partial charge in [0.1, 0.15) is 0 Å². The maximum absolute atomic E-state index is 3.79. The first-order chi connectivity index (χ1) is 14.6. The molecule has 4 aromatic carbocycles. The highest BCUT2D eigenvalue weighted by Crippen LogP contribution is 2.47. The normalized spacial score (nSPS) is 17.0. The summed E-state index contributed by atoms with van der Waals surface area (Å²) in [5.41, 5.74) is 2.96. The maximum atomic E-state index is 3.79. The third-order valence-electron chi connectivity index (χ3n) is 7.25. The van der Waals surface area contributed by atoms with Crippen LogP contribution in [0.15, 0.2) is 82.9 Å². The molecule has 0 amide bonds. The summed E-state index contributed by atoms with van der Waals surface area (Å²) in [5, 5.41) is 10.8. The molecule has 4 aromatic rings. The molecule has 0 atom stereocenters. The predicted molar refractivity (Wildman–Crippen MR) is 134 cm³/mol. The number of rotatable bonds is 2. The third-order valence-corrected chi connectivity index (χ3v) is 7.71. The Morgan fingerprint density at radius 2 is 1.23 bits per heavy atom. The molecule has 30 heavy (non-hydrogen) atoms. The van der Waals surface area contributed by atoms with Crippen LogP contribution in [0.3, 0.4) is 0 Å². The van der Waals surface area contributed by atoms with Crippen molar-refractivity contribution in [2.45, 2.75) is 26.7 Å². The predicted octanol–water partition coefficient (Wildman–Crippen LogP) is 7.12. The van der Waals surface area contributed by atoms with E-state index >= 15 is 0 Å². The largest absolute Gasteiger partial charge is 0.0642 e. The Kier molecular flexibility index (Phi) is 3.89. The zero-order valence-corrected chi connectivity index (χ0v) is 18.9. The van der Waals surface area contributed by atoms with E-state index in [1.54, 1.807) is 0 Å². The van der Waals surface area contributed by atoms with Crippen molar-refractivity contribution < 1.29 is 0 Å². The number of hydrogen-bond donors (Lipinski definition) is 0. The standard InChI is InChI=1S/C29H23Br/c1-3-29(4-2)17-20(30)14-19-13-18-15-26-23-11-7-5-9-21(23)22-10-6-8-12-24(22)27(26)16-25(18)28(19)29/h5-17H,3-4H2,1-2H3. The monoisotopic (exact) mass is 450 g/mol. The fourth-order valence-electron chi connectivity index (χ4n) is 5.70. The summed E-state index contributed by atoms with van der Waals surface area (Å²) in [5.74, 6) is 0. The maximum Gasteiger partial charge on any atom is 0.0153 e. The molecule has 0 N–H and O–H groups in total. The molecule has 0 aromatic heterocycles. The third kappa shape index (κ3) is 2.33. The lowest BCUT2D eigenvalue weighted by Gasteiger charge is -2.34. The summed E-state index contributed by atoms with van der Waals surface area (Å²) < 4.78 is 1.20. The highest BCUT2D eigenvalue weighted by molar-refractivity contribution is 9.11. The number of benzene rings is 4. The van der Waals surface area contributed by atoms with Crippen molar-refractivity contribution >= 4 is 59.9 Å². The van der Waals surface area contributed by atoms with Crippen LogP contribution < -0.4 is 10.4 Å². The van der Waals surface area contributed by atoms with E-state index in [-0.39, 0.29) is 5.41 Å². The van der Waals surface area contributed by atoms with Crippen LogP contribution >= 0.6 is 15.9 Å². The quantitative estimate of drug-likeness (QED) is 0.285. The highest BCUT2D eigenvalue weighted by atomic mass is 79.9. The summed E-state index contributed by atoms with van der Waals surface area (Å²) in [6.07, 6.45) is 9.32. The van der Waals surface area contributed by atoms with Crippen molar-refractivity contribution in [1.29, 1.82) is 0 Å². The van der Waals surface area contributed by atoms with Gasteiger partial charge in [-0.25, -0.2) is 0 Å².